The zero-order valence-corrected chi connectivity index (χ0v) is 10.6. The first kappa shape index (κ1) is 12.3. The summed E-state index contributed by atoms with van der Waals surface area (Å²) in [5.74, 6) is 0. The van der Waals surface area contributed by atoms with Crippen LogP contribution >= 0.6 is 0 Å². The van der Waals surface area contributed by atoms with Crippen molar-refractivity contribution in [2.45, 2.75) is 41.2 Å². The molecule has 0 fully saturated rings. The van der Waals surface area contributed by atoms with E-state index >= 15 is 0 Å². The van der Waals surface area contributed by atoms with Gasteiger partial charge in [-0.2, -0.15) is 0 Å². The SMILES string of the molecule is Cc1cccc(C)c1CNCC(C)(C)C. The average Bonchev–Trinajstić information content (AvgIpc) is 2.08. The summed E-state index contributed by atoms with van der Waals surface area (Å²) < 4.78 is 0. The van der Waals surface area contributed by atoms with E-state index in [4.69, 9.17) is 0 Å². The third-order valence-corrected chi connectivity index (χ3v) is 2.60. The summed E-state index contributed by atoms with van der Waals surface area (Å²) >= 11 is 0. The van der Waals surface area contributed by atoms with Crippen molar-refractivity contribution in [1.82, 2.24) is 5.32 Å². The van der Waals surface area contributed by atoms with Crippen LogP contribution < -0.4 is 5.32 Å². The second-order valence-electron chi connectivity index (χ2n) is 5.53. The molecule has 0 aromatic heterocycles. The Morgan fingerprint density at radius 3 is 2.07 bits per heavy atom. The number of benzene rings is 1. The van der Waals surface area contributed by atoms with Gasteiger partial charge in [-0.3, -0.25) is 0 Å². The van der Waals surface area contributed by atoms with Crippen molar-refractivity contribution in [2.75, 3.05) is 6.54 Å². The van der Waals surface area contributed by atoms with E-state index in [1.54, 1.807) is 0 Å². The minimum Gasteiger partial charge on any atom is -0.312 e. The Morgan fingerprint density at radius 1 is 1.07 bits per heavy atom. The van der Waals surface area contributed by atoms with Crippen molar-refractivity contribution in [3.63, 3.8) is 0 Å². The highest BCUT2D eigenvalue weighted by molar-refractivity contribution is 5.33. The van der Waals surface area contributed by atoms with Crippen LogP contribution in [0.5, 0.6) is 0 Å². The normalized spacial score (nSPS) is 11.8. The third kappa shape index (κ3) is 4.05. The maximum Gasteiger partial charge on any atom is 0.0210 e. The van der Waals surface area contributed by atoms with Crippen LogP contribution in [0.1, 0.15) is 37.5 Å². The molecule has 0 bridgehead atoms. The Balaban J connectivity index is 2.58. The number of hydrogen-bond acceptors (Lipinski definition) is 1. The van der Waals surface area contributed by atoms with Crippen LogP contribution in [0.15, 0.2) is 18.2 Å². The molecule has 0 aliphatic heterocycles. The molecule has 0 radical (unpaired) electrons. The van der Waals surface area contributed by atoms with Crippen molar-refractivity contribution >= 4 is 0 Å². The van der Waals surface area contributed by atoms with E-state index in [9.17, 15) is 0 Å². The van der Waals surface area contributed by atoms with Crippen molar-refractivity contribution in [3.8, 4) is 0 Å². The molecule has 1 aromatic rings. The quantitative estimate of drug-likeness (QED) is 0.797. The first-order chi connectivity index (χ1) is 6.90. The van der Waals surface area contributed by atoms with E-state index in [2.05, 4.69) is 58.1 Å². The lowest BCUT2D eigenvalue weighted by atomic mass is 9.96. The fourth-order valence-electron chi connectivity index (χ4n) is 1.69. The molecule has 1 N–H and O–H groups in total. The van der Waals surface area contributed by atoms with Gasteiger partial charge in [0.2, 0.25) is 0 Å². The maximum atomic E-state index is 3.52. The molecule has 0 aliphatic carbocycles. The number of hydrogen-bond donors (Lipinski definition) is 1. The molecule has 0 amide bonds. The summed E-state index contributed by atoms with van der Waals surface area (Å²) in [5.41, 5.74) is 4.57. The molecule has 84 valence electrons. The van der Waals surface area contributed by atoms with Gasteiger partial charge in [0.05, 0.1) is 0 Å². The summed E-state index contributed by atoms with van der Waals surface area (Å²) in [5, 5.41) is 3.52. The molecule has 0 aliphatic rings. The summed E-state index contributed by atoms with van der Waals surface area (Å²) in [4.78, 5) is 0. The molecule has 0 unspecified atom stereocenters. The lowest BCUT2D eigenvalue weighted by Gasteiger charge is -2.20. The number of aryl methyl sites for hydroxylation is 2. The largest absolute Gasteiger partial charge is 0.312 e. The highest BCUT2D eigenvalue weighted by Gasteiger charge is 2.09. The zero-order valence-electron chi connectivity index (χ0n) is 10.6. The van der Waals surface area contributed by atoms with Gasteiger partial charge in [-0.25, -0.2) is 0 Å². The Kier molecular flexibility index (Phi) is 3.92. The Morgan fingerprint density at radius 2 is 1.60 bits per heavy atom. The summed E-state index contributed by atoms with van der Waals surface area (Å²) in [6, 6.07) is 6.49. The van der Waals surface area contributed by atoms with Crippen LogP contribution in [-0.4, -0.2) is 6.54 Å². The van der Waals surface area contributed by atoms with Gasteiger partial charge in [-0.05, 0) is 36.0 Å². The van der Waals surface area contributed by atoms with Gasteiger partial charge in [-0.1, -0.05) is 39.0 Å². The second-order valence-corrected chi connectivity index (χ2v) is 5.53. The molecule has 1 rings (SSSR count). The molecule has 15 heavy (non-hydrogen) atoms. The molecule has 0 spiro atoms. The summed E-state index contributed by atoms with van der Waals surface area (Å²) in [6.07, 6.45) is 0. The Bertz CT molecular complexity index is 300. The van der Waals surface area contributed by atoms with E-state index in [0.29, 0.717) is 5.41 Å². The van der Waals surface area contributed by atoms with Crippen molar-refractivity contribution in [3.05, 3.63) is 34.9 Å². The van der Waals surface area contributed by atoms with Crippen molar-refractivity contribution in [1.29, 1.82) is 0 Å². The van der Waals surface area contributed by atoms with Gasteiger partial charge in [-0.15, -0.1) is 0 Å². The van der Waals surface area contributed by atoms with E-state index in [0.717, 1.165) is 13.1 Å². The Labute approximate surface area is 93.9 Å². The van der Waals surface area contributed by atoms with E-state index < -0.39 is 0 Å². The molecule has 1 aromatic carbocycles. The molecular formula is C14H23N. The molecular weight excluding hydrogens is 182 g/mol. The fourth-order valence-corrected chi connectivity index (χ4v) is 1.69. The standard InChI is InChI=1S/C14H23N/c1-11-7-6-8-12(2)13(11)9-15-10-14(3,4)5/h6-8,15H,9-10H2,1-5H3. The van der Waals surface area contributed by atoms with Crippen LogP contribution in [0.4, 0.5) is 0 Å². The van der Waals surface area contributed by atoms with E-state index in [1.165, 1.54) is 16.7 Å². The highest BCUT2D eigenvalue weighted by Crippen LogP contribution is 2.14. The first-order valence-electron chi connectivity index (χ1n) is 5.66. The topological polar surface area (TPSA) is 12.0 Å². The van der Waals surface area contributed by atoms with E-state index in [1.807, 2.05) is 0 Å². The van der Waals surface area contributed by atoms with E-state index in [-0.39, 0.29) is 0 Å². The molecule has 0 heterocycles. The zero-order chi connectivity index (χ0) is 11.5. The first-order valence-corrected chi connectivity index (χ1v) is 5.66. The van der Waals surface area contributed by atoms with Crippen LogP contribution in [0, 0.1) is 19.3 Å². The van der Waals surface area contributed by atoms with Gasteiger partial charge in [0.25, 0.3) is 0 Å². The van der Waals surface area contributed by atoms with Crippen LogP contribution in [0.2, 0.25) is 0 Å². The second kappa shape index (κ2) is 4.80. The molecule has 1 heteroatoms. The lowest BCUT2D eigenvalue weighted by Crippen LogP contribution is -2.26. The van der Waals surface area contributed by atoms with Gasteiger partial charge < -0.3 is 5.32 Å². The van der Waals surface area contributed by atoms with Gasteiger partial charge in [0, 0.05) is 13.1 Å². The minimum atomic E-state index is 0.358. The molecule has 0 saturated heterocycles. The van der Waals surface area contributed by atoms with Crippen LogP contribution in [-0.2, 0) is 6.54 Å². The van der Waals surface area contributed by atoms with Crippen LogP contribution in [0.3, 0.4) is 0 Å². The average molecular weight is 205 g/mol. The number of rotatable bonds is 3. The summed E-state index contributed by atoms with van der Waals surface area (Å²) in [6.45, 7) is 13.2. The summed E-state index contributed by atoms with van der Waals surface area (Å²) in [7, 11) is 0. The highest BCUT2D eigenvalue weighted by atomic mass is 14.9. The predicted molar refractivity (Wildman–Crippen MR) is 67.1 cm³/mol. The molecule has 0 atom stereocenters. The van der Waals surface area contributed by atoms with Gasteiger partial charge >= 0.3 is 0 Å². The van der Waals surface area contributed by atoms with Crippen molar-refractivity contribution < 1.29 is 0 Å². The maximum absolute atomic E-state index is 3.52. The molecule has 0 saturated carbocycles. The van der Waals surface area contributed by atoms with Gasteiger partial charge in [0.1, 0.15) is 0 Å². The molecule has 1 nitrogen and oxygen atoms in total. The number of nitrogens with one attached hydrogen (secondary N) is 1. The smallest absolute Gasteiger partial charge is 0.0210 e. The Hall–Kier alpha value is -0.820. The third-order valence-electron chi connectivity index (χ3n) is 2.60. The van der Waals surface area contributed by atoms with Crippen LogP contribution in [0.25, 0.3) is 0 Å². The predicted octanol–water partition coefficient (Wildman–Crippen LogP) is 3.44. The van der Waals surface area contributed by atoms with Crippen molar-refractivity contribution in [2.24, 2.45) is 5.41 Å². The fraction of sp³-hybridized carbons (Fsp3) is 0.571. The minimum absolute atomic E-state index is 0.358. The monoisotopic (exact) mass is 205 g/mol. The lowest BCUT2D eigenvalue weighted by molar-refractivity contribution is 0.379. The van der Waals surface area contributed by atoms with Gasteiger partial charge in [0.15, 0.2) is 0 Å².